The zero-order valence-corrected chi connectivity index (χ0v) is 14.0. The normalized spacial score (nSPS) is 12.7. The highest BCUT2D eigenvalue weighted by molar-refractivity contribution is 9.10. The van der Waals surface area contributed by atoms with Crippen molar-refractivity contribution in [2.24, 2.45) is 5.73 Å². The maximum atomic E-state index is 13.5. The highest BCUT2D eigenvalue weighted by Gasteiger charge is 2.19. The Morgan fingerprint density at radius 3 is 2.67 bits per heavy atom. The monoisotopic (exact) mass is 370 g/mol. The smallest absolute Gasteiger partial charge is 0.123 e. The fourth-order valence-electron chi connectivity index (χ4n) is 2.32. The molecule has 0 aliphatic rings. The van der Waals surface area contributed by atoms with Crippen molar-refractivity contribution < 1.29 is 4.39 Å². The van der Waals surface area contributed by atoms with E-state index >= 15 is 0 Å². The molecule has 0 amide bonds. The standard InChI is InChI=1S/C16H17BrClFN2/c1-21(10-11-4-2-3-5-15(11)18)16(9-20)13-8-12(19)6-7-14(13)17/h2-8,16H,9-10,20H2,1H3. The van der Waals surface area contributed by atoms with Gasteiger partial charge in [0.05, 0.1) is 0 Å². The number of halogens is 3. The lowest BCUT2D eigenvalue weighted by Gasteiger charge is -2.28. The zero-order chi connectivity index (χ0) is 15.4. The Morgan fingerprint density at radius 2 is 2.00 bits per heavy atom. The number of rotatable bonds is 5. The van der Waals surface area contributed by atoms with Gasteiger partial charge in [0.1, 0.15) is 5.82 Å². The first kappa shape index (κ1) is 16.4. The first-order chi connectivity index (χ1) is 10.0. The minimum Gasteiger partial charge on any atom is -0.329 e. The Bertz CT molecular complexity index is 621. The van der Waals surface area contributed by atoms with Gasteiger partial charge in [-0.2, -0.15) is 0 Å². The van der Waals surface area contributed by atoms with E-state index in [1.165, 1.54) is 12.1 Å². The Morgan fingerprint density at radius 1 is 1.29 bits per heavy atom. The van der Waals surface area contributed by atoms with Crippen molar-refractivity contribution in [1.82, 2.24) is 4.90 Å². The minimum absolute atomic E-state index is 0.0913. The summed E-state index contributed by atoms with van der Waals surface area (Å²) in [5.74, 6) is -0.266. The number of hydrogen-bond donors (Lipinski definition) is 1. The first-order valence-corrected chi connectivity index (χ1v) is 7.78. The van der Waals surface area contributed by atoms with Crippen LogP contribution in [0, 0.1) is 5.82 Å². The van der Waals surface area contributed by atoms with Gasteiger partial charge in [-0.3, -0.25) is 4.90 Å². The molecule has 2 nitrogen and oxygen atoms in total. The number of likely N-dealkylation sites (N-methyl/N-ethyl adjacent to an activating group) is 1. The van der Waals surface area contributed by atoms with Crippen molar-refractivity contribution in [2.45, 2.75) is 12.6 Å². The molecule has 2 rings (SSSR count). The van der Waals surface area contributed by atoms with Gasteiger partial charge in [0.25, 0.3) is 0 Å². The molecular weight excluding hydrogens is 355 g/mol. The van der Waals surface area contributed by atoms with Gasteiger partial charge in [-0.25, -0.2) is 4.39 Å². The Kier molecular flexibility index (Phi) is 5.76. The molecule has 1 unspecified atom stereocenters. The van der Waals surface area contributed by atoms with Crippen LogP contribution in [0.3, 0.4) is 0 Å². The van der Waals surface area contributed by atoms with E-state index in [0.29, 0.717) is 13.1 Å². The van der Waals surface area contributed by atoms with E-state index in [1.807, 2.05) is 31.3 Å². The molecule has 2 aromatic rings. The van der Waals surface area contributed by atoms with Crippen LogP contribution in [0.15, 0.2) is 46.9 Å². The second-order valence-corrected chi connectivity index (χ2v) is 6.19. The molecule has 0 spiro atoms. The number of nitrogens with zero attached hydrogens (tertiary/aromatic N) is 1. The van der Waals surface area contributed by atoms with Crippen LogP contribution >= 0.6 is 27.5 Å². The lowest BCUT2D eigenvalue weighted by molar-refractivity contribution is 0.240. The van der Waals surface area contributed by atoms with E-state index in [4.69, 9.17) is 17.3 Å². The molecule has 5 heteroatoms. The summed E-state index contributed by atoms with van der Waals surface area (Å²) < 4.78 is 14.3. The molecule has 0 aliphatic carbocycles. The molecule has 0 heterocycles. The SMILES string of the molecule is CN(Cc1ccccc1Cl)C(CN)c1cc(F)ccc1Br. The summed E-state index contributed by atoms with van der Waals surface area (Å²) in [7, 11) is 1.96. The van der Waals surface area contributed by atoms with Gasteiger partial charge in [-0.05, 0) is 42.4 Å². The van der Waals surface area contributed by atoms with E-state index in [1.54, 1.807) is 6.07 Å². The summed E-state index contributed by atoms with van der Waals surface area (Å²) in [6.45, 7) is 1.04. The van der Waals surface area contributed by atoms with Crippen molar-refractivity contribution in [3.05, 3.63) is 68.9 Å². The van der Waals surface area contributed by atoms with Gasteiger partial charge in [0.15, 0.2) is 0 Å². The van der Waals surface area contributed by atoms with E-state index in [0.717, 1.165) is 20.6 Å². The number of hydrogen-bond acceptors (Lipinski definition) is 2. The van der Waals surface area contributed by atoms with Gasteiger partial charge >= 0.3 is 0 Å². The lowest BCUT2D eigenvalue weighted by Crippen LogP contribution is -2.30. The number of nitrogens with two attached hydrogens (primary N) is 1. The predicted octanol–water partition coefficient (Wildman–Crippen LogP) is 4.37. The van der Waals surface area contributed by atoms with Gasteiger partial charge in [-0.1, -0.05) is 45.7 Å². The van der Waals surface area contributed by atoms with Crippen molar-refractivity contribution in [2.75, 3.05) is 13.6 Å². The molecular formula is C16H17BrClFN2. The van der Waals surface area contributed by atoms with Crippen LogP contribution in [-0.2, 0) is 6.54 Å². The molecule has 0 radical (unpaired) electrons. The summed E-state index contributed by atoms with van der Waals surface area (Å²) in [6.07, 6.45) is 0. The van der Waals surface area contributed by atoms with Crippen molar-refractivity contribution in [3.63, 3.8) is 0 Å². The molecule has 0 saturated carbocycles. The zero-order valence-electron chi connectivity index (χ0n) is 11.7. The average molecular weight is 372 g/mol. The first-order valence-electron chi connectivity index (χ1n) is 6.61. The van der Waals surface area contributed by atoms with Gasteiger partial charge in [-0.15, -0.1) is 0 Å². The molecule has 0 aromatic heterocycles. The maximum Gasteiger partial charge on any atom is 0.123 e. The van der Waals surface area contributed by atoms with Crippen molar-refractivity contribution in [3.8, 4) is 0 Å². The van der Waals surface area contributed by atoms with Gasteiger partial charge in [0, 0.05) is 28.6 Å². The third-order valence-corrected chi connectivity index (χ3v) is 4.54. The average Bonchev–Trinajstić information content (AvgIpc) is 2.46. The van der Waals surface area contributed by atoms with Gasteiger partial charge < -0.3 is 5.73 Å². The third kappa shape index (κ3) is 4.04. The lowest BCUT2D eigenvalue weighted by atomic mass is 10.0. The molecule has 112 valence electrons. The molecule has 0 saturated heterocycles. The summed E-state index contributed by atoms with van der Waals surface area (Å²) >= 11 is 9.66. The third-order valence-electron chi connectivity index (χ3n) is 3.45. The van der Waals surface area contributed by atoms with E-state index < -0.39 is 0 Å². The topological polar surface area (TPSA) is 29.3 Å². The Hall–Kier alpha value is -0.940. The minimum atomic E-state index is -0.266. The van der Waals surface area contributed by atoms with Crippen LogP contribution in [0.5, 0.6) is 0 Å². The molecule has 21 heavy (non-hydrogen) atoms. The quantitative estimate of drug-likeness (QED) is 0.845. The molecule has 0 bridgehead atoms. The van der Waals surface area contributed by atoms with E-state index in [9.17, 15) is 4.39 Å². The van der Waals surface area contributed by atoms with Crippen LogP contribution in [0.4, 0.5) is 4.39 Å². The van der Waals surface area contributed by atoms with Crippen molar-refractivity contribution in [1.29, 1.82) is 0 Å². The van der Waals surface area contributed by atoms with Crippen LogP contribution in [0.25, 0.3) is 0 Å². The molecule has 0 aliphatic heterocycles. The van der Waals surface area contributed by atoms with Crippen LogP contribution in [0.2, 0.25) is 5.02 Å². The predicted molar refractivity (Wildman–Crippen MR) is 88.8 cm³/mol. The van der Waals surface area contributed by atoms with Crippen LogP contribution in [-0.4, -0.2) is 18.5 Å². The Balaban J connectivity index is 2.25. The fraction of sp³-hybridized carbons (Fsp3) is 0.250. The van der Waals surface area contributed by atoms with Crippen LogP contribution in [0.1, 0.15) is 17.2 Å². The largest absolute Gasteiger partial charge is 0.329 e. The summed E-state index contributed by atoms with van der Waals surface area (Å²) in [5, 5.41) is 0.721. The van der Waals surface area contributed by atoms with Crippen LogP contribution < -0.4 is 5.73 Å². The van der Waals surface area contributed by atoms with E-state index in [2.05, 4.69) is 20.8 Å². The van der Waals surface area contributed by atoms with Gasteiger partial charge in [0.2, 0.25) is 0 Å². The highest BCUT2D eigenvalue weighted by Crippen LogP contribution is 2.29. The summed E-state index contributed by atoms with van der Waals surface area (Å²) in [4.78, 5) is 2.07. The number of benzene rings is 2. The summed E-state index contributed by atoms with van der Waals surface area (Å²) in [6, 6.07) is 12.2. The molecule has 1 atom stereocenters. The maximum absolute atomic E-state index is 13.5. The highest BCUT2D eigenvalue weighted by atomic mass is 79.9. The fourth-order valence-corrected chi connectivity index (χ4v) is 3.03. The van der Waals surface area contributed by atoms with Crippen molar-refractivity contribution >= 4 is 27.5 Å². The Labute approximate surface area is 137 Å². The molecule has 2 aromatic carbocycles. The second-order valence-electron chi connectivity index (χ2n) is 4.92. The molecule has 2 N–H and O–H groups in total. The molecule has 0 fully saturated rings. The van der Waals surface area contributed by atoms with E-state index in [-0.39, 0.29) is 11.9 Å². The summed E-state index contributed by atoms with van der Waals surface area (Å²) in [5.41, 5.74) is 7.76. The second kappa shape index (κ2) is 7.36.